The summed E-state index contributed by atoms with van der Waals surface area (Å²) >= 11 is 1.52. The van der Waals surface area contributed by atoms with Gasteiger partial charge in [-0.15, -0.1) is 5.10 Å². The van der Waals surface area contributed by atoms with Gasteiger partial charge in [0, 0.05) is 5.75 Å². The van der Waals surface area contributed by atoms with Crippen LogP contribution in [-0.2, 0) is 17.1 Å². The van der Waals surface area contributed by atoms with E-state index in [9.17, 15) is 4.79 Å². The average Bonchev–Trinajstić information content (AvgIpc) is 2.83. The van der Waals surface area contributed by atoms with Gasteiger partial charge < -0.3 is 5.11 Å². The minimum absolute atomic E-state index is 0.158. The first-order valence-corrected chi connectivity index (χ1v) is 6.99. The molecule has 2 rings (SSSR count). The van der Waals surface area contributed by atoms with Gasteiger partial charge in [-0.2, -0.15) is 11.8 Å². The summed E-state index contributed by atoms with van der Waals surface area (Å²) in [6.07, 6.45) is 0.158. The van der Waals surface area contributed by atoms with Gasteiger partial charge in [0.25, 0.3) is 0 Å². The zero-order chi connectivity index (χ0) is 13.5. The van der Waals surface area contributed by atoms with Crippen molar-refractivity contribution in [2.75, 3.05) is 5.75 Å². The van der Waals surface area contributed by atoms with Crippen molar-refractivity contribution in [1.29, 1.82) is 0 Å². The molecule has 0 atom stereocenters. The third-order valence-corrected chi connectivity index (χ3v) is 3.43. The summed E-state index contributed by atoms with van der Waals surface area (Å²) in [5.74, 6) is 1.16. The van der Waals surface area contributed by atoms with E-state index < -0.39 is 5.97 Å². The fourth-order valence-electron chi connectivity index (χ4n) is 1.53. The number of tetrazole rings is 1. The number of carbonyl (C=O) groups is 1. The highest BCUT2D eigenvalue weighted by atomic mass is 32.2. The van der Waals surface area contributed by atoms with Crippen molar-refractivity contribution in [1.82, 2.24) is 20.2 Å². The standard InChI is InChI=1S/C12H14N4O2S/c17-12(18)6-7-19-9-11-13-14-15-16(11)8-10-4-2-1-3-5-10/h1-5H,6-9H2,(H,17,18). The van der Waals surface area contributed by atoms with Crippen molar-refractivity contribution >= 4 is 17.7 Å². The average molecular weight is 278 g/mol. The Hall–Kier alpha value is -1.89. The Bertz CT molecular complexity index is 530. The number of rotatable bonds is 7. The van der Waals surface area contributed by atoms with Crippen LogP contribution in [-0.4, -0.2) is 37.0 Å². The van der Waals surface area contributed by atoms with Gasteiger partial charge in [0.1, 0.15) is 0 Å². The van der Waals surface area contributed by atoms with Crippen LogP contribution >= 0.6 is 11.8 Å². The second-order valence-electron chi connectivity index (χ2n) is 3.93. The molecule has 0 aliphatic rings. The molecule has 0 amide bonds. The Morgan fingerprint density at radius 2 is 2.11 bits per heavy atom. The molecule has 19 heavy (non-hydrogen) atoms. The number of carboxylic acids is 1. The smallest absolute Gasteiger partial charge is 0.304 e. The number of thioether (sulfide) groups is 1. The molecule has 1 aromatic heterocycles. The summed E-state index contributed by atoms with van der Waals surface area (Å²) in [7, 11) is 0. The molecule has 0 saturated heterocycles. The van der Waals surface area contributed by atoms with Gasteiger partial charge in [-0.1, -0.05) is 30.3 Å². The summed E-state index contributed by atoms with van der Waals surface area (Å²) in [4.78, 5) is 10.4. The molecule has 0 saturated carbocycles. The van der Waals surface area contributed by atoms with E-state index in [1.165, 1.54) is 11.8 Å². The second kappa shape index (κ2) is 6.89. The van der Waals surface area contributed by atoms with E-state index in [1.807, 2.05) is 30.3 Å². The predicted octanol–water partition coefficient (Wildman–Crippen LogP) is 1.43. The van der Waals surface area contributed by atoms with Crippen molar-refractivity contribution in [2.24, 2.45) is 0 Å². The largest absolute Gasteiger partial charge is 0.481 e. The molecule has 0 aliphatic carbocycles. The number of benzene rings is 1. The van der Waals surface area contributed by atoms with E-state index >= 15 is 0 Å². The Morgan fingerprint density at radius 1 is 1.32 bits per heavy atom. The van der Waals surface area contributed by atoms with Crippen LogP contribution in [0, 0.1) is 0 Å². The van der Waals surface area contributed by atoms with Gasteiger partial charge >= 0.3 is 5.97 Å². The fourth-order valence-corrected chi connectivity index (χ4v) is 2.38. The summed E-state index contributed by atoms with van der Waals surface area (Å²) < 4.78 is 1.74. The molecule has 1 N–H and O–H groups in total. The van der Waals surface area contributed by atoms with Crippen LogP contribution in [0.15, 0.2) is 30.3 Å². The minimum Gasteiger partial charge on any atom is -0.481 e. The third-order valence-electron chi connectivity index (χ3n) is 2.47. The highest BCUT2D eigenvalue weighted by molar-refractivity contribution is 7.98. The van der Waals surface area contributed by atoms with Crippen molar-refractivity contribution in [3.63, 3.8) is 0 Å². The topological polar surface area (TPSA) is 80.9 Å². The monoisotopic (exact) mass is 278 g/mol. The first-order valence-electron chi connectivity index (χ1n) is 5.84. The Labute approximate surface area is 114 Å². The normalized spacial score (nSPS) is 10.5. The SMILES string of the molecule is O=C(O)CCSCc1nnnn1Cc1ccccc1. The van der Waals surface area contributed by atoms with Crippen LogP contribution in [0.2, 0.25) is 0 Å². The van der Waals surface area contributed by atoms with E-state index in [4.69, 9.17) is 5.11 Å². The maximum atomic E-state index is 10.4. The molecule has 0 fully saturated rings. The lowest BCUT2D eigenvalue weighted by Gasteiger charge is -2.04. The van der Waals surface area contributed by atoms with Gasteiger partial charge in [-0.25, -0.2) is 4.68 Å². The first-order chi connectivity index (χ1) is 9.25. The molecular weight excluding hydrogens is 264 g/mol. The highest BCUT2D eigenvalue weighted by Gasteiger charge is 2.07. The minimum atomic E-state index is -0.781. The second-order valence-corrected chi connectivity index (χ2v) is 5.04. The third kappa shape index (κ3) is 4.36. The van der Waals surface area contributed by atoms with Gasteiger partial charge in [0.05, 0.1) is 18.7 Å². The van der Waals surface area contributed by atoms with Crippen LogP contribution < -0.4 is 0 Å². The van der Waals surface area contributed by atoms with Crippen LogP contribution in [0.1, 0.15) is 17.8 Å². The Morgan fingerprint density at radius 3 is 2.84 bits per heavy atom. The number of hydrogen-bond donors (Lipinski definition) is 1. The number of carboxylic acid groups (broad SMARTS) is 1. The van der Waals surface area contributed by atoms with Crippen molar-refractivity contribution in [3.05, 3.63) is 41.7 Å². The molecule has 1 heterocycles. The molecular formula is C12H14N4O2S. The van der Waals surface area contributed by atoms with Crippen LogP contribution in [0.25, 0.3) is 0 Å². The van der Waals surface area contributed by atoms with Gasteiger partial charge in [0.2, 0.25) is 0 Å². The van der Waals surface area contributed by atoms with Gasteiger partial charge in [-0.05, 0) is 16.0 Å². The van der Waals surface area contributed by atoms with E-state index in [0.29, 0.717) is 18.1 Å². The molecule has 100 valence electrons. The zero-order valence-corrected chi connectivity index (χ0v) is 11.1. The Balaban J connectivity index is 1.89. The number of hydrogen-bond acceptors (Lipinski definition) is 5. The molecule has 7 heteroatoms. The van der Waals surface area contributed by atoms with E-state index in [1.54, 1.807) is 4.68 Å². The summed E-state index contributed by atoms with van der Waals surface area (Å²) in [6, 6.07) is 9.94. The molecule has 0 spiro atoms. The summed E-state index contributed by atoms with van der Waals surface area (Å²) in [6.45, 7) is 0.628. The zero-order valence-electron chi connectivity index (χ0n) is 10.3. The molecule has 6 nitrogen and oxygen atoms in total. The van der Waals surface area contributed by atoms with Crippen LogP contribution in [0.4, 0.5) is 0 Å². The first kappa shape index (κ1) is 13.5. The quantitative estimate of drug-likeness (QED) is 0.772. The van der Waals surface area contributed by atoms with E-state index in [2.05, 4.69) is 15.5 Å². The van der Waals surface area contributed by atoms with E-state index in [-0.39, 0.29) is 6.42 Å². The summed E-state index contributed by atoms with van der Waals surface area (Å²) in [5.41, 5.74) is 1.13. The highest BCUT2D eigenvalue weighted by Crippen LogP contribution is 2.11. The maximum absolute atomic E-state index is 10.4. The van der Waals surface area contributed by atoms with Crippen molar-refractivity contribution in [2.45, 2.75) is 18.7 Å². The lowest BCUT2D eigenvalue weighted by molar-refractivity contribution is -0.136. The maximum Gasteiger partial charge on any atom is 0.304 e. The number of aliphatic carboxylic acids is 1. The molecule has 0 bridgehead atoms. The summed E-state index contributed by atoms with van der Waals surface area (Å²) in [5, 5.41) is 20.1. The lowest BCUT2D eigenvalue weighted by atomic mass is 10.2. The number of nitrogens with zero attached hydrogens (tertiary/aromatic N) is 4. The molecule has 0 aliphatic heterocycles. The molecule has 0 radical (unpaired) electrons. The van der Waals surface area contributed by atoms with Gasteiger partial charge in [0.15, 0.2) is 5.82 Å². The lowest BCUT2D eigenvalue weighted by Crippen LogP contribution is -2.06. The predicted molar refractivity (Wildman–Crippen MR) is 71.8 cm³/mol. The Kier molecular flexibility index (Phi) is 4.91. The molecule has 0 unspecified atom stereocenters. The fraction of sp³-hybridized carbons (Fsp3) is 0.333. The molecule has 2 aromatic rings. The number of aromatic nitrogens is 4. The van der Waals surface area contributed by atoms with E-state index in [0.717, 1.165) is 11.4 Å². The van der Waals surface area contributed by atoms with Crippen LogP contribution in [0.5, 0.6) is 0 Å². The van der Waals surface area contributed by atoms with Gasteiger partial charge in [-0.3, -0.25) is 4.79 Å². The van der Waals surface area contributed by atoms with Crippen molar-refractivity contribution < 1.29 is 9.90 Å². The molecule has 1 aromatic carbocycles. The van der Waals surface area contributed by atoms with Crippen molar-refractivity contribution in [3.8, 4) is 0 Å². The van der Waals surface area contributed by atoms with Crippen LogP contribution in [0.3, 0.4) is 0 Å².